The Bertz CT molecular complexity index is 695. The standard InChI is InChI=1S/C24H33N3.2ClH/c25-20-24(22-9-5-2-6-10-22)13-11-23(12-14-24)27-17-15-26(16-18-27)19-21-7-3-1-4-8-21;;/h1-10,23H,11-20,25H2;2*1H/t23-,24+;;. The van der Waals surface area contributed by atoms with E-state index in [1.807, 2.05) is 0 Å². The van der Waals surface area contributed by atoms with Crippen molar-refractivity contribution in [3.63, 3.8) is 0 Å². The van der Waals surface area contributed by atoms with Crippen molar-refractivity contribution in [2.24, 2.45) is 5.73 Å². The van der Waals surface area contributed by atoms with Crippen LogP contribution in [0.25, 0.3) is 0 Å². The van der Waals surface area contributed by atoms with E-state index in [2.05, 4.69) is 70.5 Å². The maximum absolute atomic E-state index is 6.27. The molecule has 29 heavy (non-hydrogen) atoms. The van der Waals surface area contributed by atoms with E-state index in [1.54, 1.807) is 0 Å². The first-order valence-corrected chi connectivity index (χ1v) is 10.5. The van der Waals surface area contributed by atoms with Crippen LogP contribution in [0.3, 0.4) is 0 Å². The van der Waals surface area contributed by atoms with Crippen LogP contribution in [-0.2, 0) is 12.0 Å². The highest BCUT2D eigenvalue weighted by Gasteiger charge is 2.37. The molecule has 0 aromatic heterocycles. The van der Waals surface area contributed by atoms with Crippen LogP contribution >= 0.6 is 24.8 Å². The van der Waals surface area contributed by atoms with E-state index in [4.69, 9.17) is 5.73 Å². The van der Waals surface area contributed by atoms with Gasteiger partial charge in [0, 0.05) is 50.7 Å². The highest BCUT2D eigenvalue weighted by molar-refractivity contribution is 5.85. The molecule has 1 saturated carbocycles. The third-order valence-corrected chi connectivity index (χ3v) is 6.86. The molecule has 0 spiro atoms. The van der Waals surface area contributed by atoms with Crippen LogP contribution in [0.4, 0.5) is 0 Å². The molecule has 4 rings (SSSR count). The molecule has 0 bridgehead atoms. The monoisotopic (exact) mass is 435 g/mol. The molecule has 2 aromatic rings. The molecule has 1 saturated heterocycles. The van der Waals surface area contributed by atoms with Crippen LogP contribution in [0.15, 0.2) is 60.7 Å². The second-order valence-corrected chi connectivity index (χ2v) is 8.38. The average Bonchev–Trinajstić information content (AvgIpc) is 2.76. The highest BCUT2D eigenvalue weighted by atomic mass is 35.5. The minimum absolute atomic E-state index is 0. The molecule has 0 amide bonds. The van der Waals surface area contributed by atoms with Crippen molar-refractivity contribution in [3.05, 3.63) is 71.8 Å². The maximum Gasteiger partial charge on any atom is 0.0234 e. The van der Waals surface area contributed by atoms with E-state index in [9.17, 15) is 0 Å². The van der Waals surface area contributed by atoms with Crippen LogP contribution in [0.5, 0.6) is 0 Å². The van der Waals surface area contributed by atoms with Gasteiger partial charge in [-0.2, -0.15) is 0 Å². The lowest BCUT2D eigenvalue weighted by Crippen LogP contribution is -2.52. The van der Waals surface area contributed by atoms with Gasteiger partial charge < -0.3 is 5.73 Å². The number of nitrogens with zero attached hydrogens (tertiary/aromatic N) is 2. The van der Waals surface area contributed by atoms with Gasteiger partial charge in [-0.15, -0.1) is 24.8 Å². The molecule has 0 atom stereocenters. The number of nitrogens with two attached hydrogens (primary N) is 1. The molecule has 2 fully saturated rings. The van der Waals surface area contributed by atoms with Gasteiger partial charge >= 0.3 is 0 Å². The minimum atomic E-state index is 0. The van der Waals surface area contributed by atoms with Crippen molar-refractivity contribution in [3.8, 4) is 0 Å². The Labute approximate surface area is 188 Å². The molecule has 3 nitrogen and oxygen atoms in total. The van der Waals surface area contributed by atoms with Gasteiger partial charge in [0.05, 0.1) is 0 Å². The summed E-state index contributed by atoms with van der Waals surface area (Å²) in [5.74, 6) is 0. The largest absolute Gasteiger partial charge is 0.330 e. The fraction of sp³-hybridized carbons (Fsp3) is 0.500. The van der Waals surface area contributed by atoms with Crippen LogP contribution in [0, 0.1) is 0 Å². The summed E-state index contributed by atoms with van der Waals surface area (Å²) in [5, 5.41) is 0. The Morgan fingerprint density at radius 3 is 1.90 bits per heavy atom. The van der Waals surface area contributed by atoms with Gasteiger partial charge in [0.2, 0.25) is 0 Å². The second kappa shape index (κ2) is 11.3. The molecule has 2 aliphatic rings. The third kappa shape index (κ3) is 5.74. The summed E-state index contributed by atoms with van der Waals surface area (Å²) in [6.45, 7) is 6.65. The molecular formula is C24H35Cl2N3. The number of halogens is 2. The van der Waals surface area contributed by atoms with Crippen molar-refractivity contribution >= 4 is 24.8 Å². The van der Waals surface area contributed by atoms with E-state index in [-0.39, 0.29) is 30.2 Å². The number of benzene rings is 2. The van der Waals surface area contributed by atoms with Crippen molar-refractivity contribution < 1.29 is 0 Å². The van der Waals surface area contributed by atoms with E-state index in [1.165, 1.54) is 63.0 Å². The molecule has 1 aliphatic heterocycles. The predicted octanol–water partition coefficient (Wildman–Crippen LogP) is 4.49. The lowest BCUT2D eigenvalue weighted by Gasteiger charge is -2.46. The Kier molecular flexibility index (Phi) is 9.45. The summed E-state index contributed by atoms with van der Waals surface area (Å²) >= 11 is 0. The molecule has 0 radical (unpaired) electrons. The third-order valence-electron chi connectivity index (χ3n) is 6.86. The van der Waals surface area contributed by atoms with E-state index in [0.29, 0.717) is 0 Å². The van der Waals surface area contributed by atoms with Gasteiger partial charge in [-0.25, -0.2) is 0 Å². The quantitative estimate of drug-likeness (QED) is 0.750. The van der Waals surface area contributed by atoms with Gasteiger partial charge in [-0.1, -0.05) is 60.7 Å². The normalized spacial score (nSPS) is 25.6. The predicted molar refractivity (Wildman–Crippen MR) is 127 cm³/mol. The summed E-state index contributed by atoms with van der Waals surface area (Å²) < 4.78 is 0. The summed E-state index contributed by atoms with van der Waals surface area (Å²) in [7, 11) is 0. The SMILES string of the molecule is Cl.Cl.NC[C@]1(c2ccccc2)CC[C@@H](N2CCN(Cc3ccccc3)CC2)CC1. The molecule has 5 heteroatoms. The van der Waals surface area contributed by atoms with E-state index in [0.717, 1.165) is 19.1 Å². The molecule has 2 aromatic carbocycles. The summed E-state index contributed by atoms with van der Waals surface area (Å²) in [6.07, 6.45) is 5.01. The number of piperazine rings is 1. The molecule has 2 N–H and O–H groups in total. The van der Waals surface area contributed by atoms with Crippen LogP contribution in [0.2, 0.25) is 0 Å². The highest BCUT2D eigenvalue weighted by Crippen LogP contribution is 2.40. The zero-order valence-corrected chi connectivity index (χ0v) is 18.8. The van der Waals surface area contributed by atoms with Crippen LogP contribution < -0.4 is 5.73 Å². The summed E-state index contributed by atoms with van der Waals surface area (Å²) in [4.78, 5) is 5.34. The van der Waals surface area contributed by atoms with Crippen molar-refractivity contribution in [1.82, 2.24) is 9.80 Å². The number of hydrogen-bond donors (Lipinski definition) is 1. The topological polar surface area (TPSA) is 32.5 Å². The van der Waals surface area contributed by atoms with Crippen LogP contribution in [0.1, 0.15) is 36.8 Å². The minimum Gasteiger partial charge on any atom is -0.330 e. The Balaban J connectivity index is 0.00000150. The van der Waals surface area contributed by atoms with Crippen LogP contribution in [-0.4, -0.2) is 48.6 Å². The van der Waals surface area contributed by atoms with E-state index >= 15 is 0 Å². The zero-order chi connectivity index (χ0) is 18.5. The van der Waals surface area contributed by atoms with Crippen molar-refractivity contribution in [2.75, 3.05) is 32.7 Å². The molecule has 0 unspecified atom stereocenters. The number of hydrogen-bond acceptors (Lipinski definition) is 3. The molecular weight excluding hydrogens is 401 g/mol. The second-order valence-electron chi connectivity index (χ2n) is 8.38. The zero-order valence-electron chi connectivity index (χ0n) is 17.2. The maximum atomic E-state index is 6.27. The fourth-order valence-electron chi connectivity index (χ4n) is 5.05. The Morgan fingerprint density at radius 1 is 0.793 bits per heavy atom. The lowest BCUT2D eigenvalue weighted by molar-refractivity contribution is 0.0629. The molecule has 160 valence electrons. The summed E-state index contributed by atoms with van der Waals surface area (Å²) in [6, 6.07) is 22.6. The van der Waals surface area contributed by atoms with Gasteiger partial charge in [0.1, 0.15) is 0 Å². The average molecular weight is 436 g/mol. The first-order valence-electron chi connectivity index (χ1n) is 10.5. The number of rotatable bonds is 5. The van der Waals surface area contributed by atoms with Crippen molar-refractivity contribution in [1.29, 1.82) is 0 Å². The fourth-order valence-corrected chi connectivity index (χ4v) is 5.05. The van der Waals surface area contributed by atoms with E-state index < -0.39 is 0 Å². The first kappa shape index (κ1) is 24.2. The molecule has 1 aliphatic carbocycles. The van der Waals surface area contributed by atoms with Gasteiger partial charge in [-0.05, 0) is 36.8 Å². The first-order chi connectivity index (χ1) is 13.3. The van der Waals surface area contributed by atoms with Gasteiger partial charge in [0.25, 0.3) is 0 Å². The Hall–Kier alpha value is -1.10. The van der Waals surface area contributed by atoms with Gasteiger partial charge in [-0.3, -0.25) is 9.80 Å². The van der Waals surface area contributed by atoms with Crippen molar-refractivity contribution in [2.45, 2.75) is 43.7 Å². The Morgan fingerprint density at radius 2 is 1.34 bits per heavy atom. The van der Waals surface area contributed by atoms with Gasteiger partial charge in [0.15, 0.2) is 0 Å². The summed E-state index contributed by atoms with van der Waals surface area (Å²) in [5.41, 5.74) is 9.34. The lowest BCUT2D eigenvalue weighted by atomic mass is 9.68. The molecule has 1 heterocycles. The smallest absolute Gasteiger partial charge is 0.0234 e.